The van der Waals surface area contributed by atoms with Crippen LogP contribution in [0.4, 0.5) is 10.1 Å². The molecule has 8 nitrogen and oxygen atoms in total. The first-order valence-corrected chi connectivity index (χ1v) is 11.6. The molecule has 3 rings (SSSR count). The van der Waals surface area contributed by atoms with Gasteiger partial charge in [-0.05, 0) is 55.0 Å². The first-order chi connectivity index (χ1) is 15.8. The van der Waals surface area contributed by atoms with Gasteiger partial charge < -0.3 is 19.2 Å². The average Bonchev–Trinajstić information content (AvgIpc) is 3.34. The highest BCUT2D eigenvalue weighted by Crippen LogP contribution is 2.32. The monoisotopic (exact) mass is 476 g/mol. The molecule has 0 spiro atoms. The van der Waals surface area contributed by atoms with Crippen LogP contribution in [0.25, 0.3) is 0 Å². The summed E-state index contributed by atoms with van der Waals surface area (Å²) in [5.74, 6) is 0.361. The molecule has 33 heavy (non-hydrogen) atoms. The van der Waals surface area contributed by atoms with E-state index in [0.717, 1.165) is 22.2 Å². The Morgan fingerprint density at radius 1 is 1.06 bits per heavy atom. The number of aryl methyl sites for hydroxylation is 1. The van der Waals surface area contributed by atoms with Gasteiger partial charge in [-0.25, -0.2) is 12.8 Å². The molecule has 0 fully saturated rings. The zero-order chi connectivity index (χ0) is 23.8. The van der Waals surface area contributed by atoms with Gasteiger partial charge in [0.2, 0.25) is 5.91 Å². The number of benzene rings is 2. The van der Waals surface area contributed by atoms with Crippen LogP contribution in [0.3, 0.4) is 0 Å². The molecule has 2 aromatic carbocycles. The highest BCUT2D eigenvalue weighted by Gasteiger charge is 2.28. The van der Waals surface area contributed by atoms with Gasteiger partial charge in [0.25, 0.3) is 10.0 Å². The molecule has 0 aliphatic heterocycles. The molecule has 176 valence electrons. The average molecular weight is 477 g/mol. The van der Waals surface area contributed by atoms with E-state index in [9.17, 15) is 17.6 Å². The molecule has 0 unspecified atom stereocenters. The van der Waals surface area contributed by atoms with E-state index in [0.29, 0.717) is 25.1 Å². The number of sulfonamides is 1. The zero-order valence-corrected chi connectivity index (χ0v) is 19.1. The lowest BCUT2D eigenvalue weighted by Crippen LogP contribution is -2.41. The Hall–Kier alpha value is -3.53. The number of nitrogens with zero attached hydrogens (tertiary/aromatic N) is 1. The van der Waals surface area contributed by atoms with Crippen molar-refractivity contribution in [2.75, 3.05) is 31.6 Å². The van der Waals surface area contributed by atoms with E-state index in [4.69, 9.17) is 13.9 Å². The molecule has 10 heteroatoms. The van der Waals surface area contributed by atoms with Crippen LogP contribution in [-0.4, -0.2) is 41.6 Å². The number of amides is 1. The van der Waals surface area contributed by atoms with Crippen molar-refractivity contribution in [3.8, 4) is 11.5 Å². The minimum Gasteiger partial charge on any atom is -0.493 e. The van der Waals surface area contributed by atoms with Gasteiger partial charge in [0, 0.05) is 19.0 Å². The van der Waals surface area contributed by atoms with Gasteiger partial charge >= 0.3 is 0 Å². The van der Waals surface area contributed by atoms with Crippen LogP contribution >= 0.6 is 0 Å². The van der Waals surface area contributed by atoms with Crippen LogP contribution in [0, 0.1) is 5.82 Å². The number of ether oxygens (including phenoxy) is 2. The standard InChI is InChI=1S/C23H25FN2O6S/c1-30-21-12-11-20(15-22(21)31-2)33(28,29)26(18-9-7-17(24)8-10-18)16-23(27)25-13-3-5-19-6-4-14-32-19/h4,6-12,14-15H,3,5,13,16H2,1-2H3,(H,25,27). The van der Waals surface area contributed by atoms with E-state index < -0.39 is 28.3 Å². The SMILES string of the molecule is COc1ccc(S(=O)(=O)N(CC(=O)NCCCc2ccco2)c2ccc(F)cc2)cc1OC. The van der Waals surface area contributed by atoms with Crippen molar-refractivity contribution >= 4 is 21.6 Å². The first kappa shape index (κ1) is 24.1. The smallest absolute Gasteiger partial charge is 0.264 e. The third-order valence-corrected chi connectivity index (χ3v) is 6.62. The quantitative estimate of drug-likeness (QED) is 0.426. The summed E-state index contributed by atoms with van der Waals surface area (Å²) in [6.07, 6.45) is 2.84. The molecule has 1 heterocycles. The van der Waals surface area contributed by atoms with Crippen LogP contribution in [0.5, 0.6) is 11.5 Å². The summed E-state index contributed by atoms with van der Waals surface area (Å²) in [6.45, 7) is -0.143. The Kier molecular flexibility index (Phi) is 7.94. The molecule has 0 aliphatic carbocycles. The topological polar surface area (TPSA) is 98.1 Å². The maximum absolute atomic E-state index is 13.5. The number of methoxy groups -OCH3 is 2. The summed E-state index contributed by atoms with van der Waals surface area (Å²) in [5, 5.41) is 2.72. The van der Waals surface area contributed by atoms with Gasteiger partial charge in [0.05, 0.1) is 31.1 Å². The van der Waals surface area contributed by atoms with E-state index in [-0.39, 0.29) is 16.3 Å². The van der Waals surface area contributed by atoms with Crippen molar-refractivity contribution in [1.82, 2.24) is 5.32 Å². The third-order valence-electron chi connectivity index (χ3n) is 4.85. The maximum atomic E-state index is 13.5. The molecular weight excluding hydrogens is 451 g/mol. The van der Waals surface area contributed by atoms with Gasteiger partial charge in [-0.1, -0.05) is 0 Å². The number of rotatable bonds is 11. The summed E-state index contributed by atoms with van der Waals surface area (Å²) in [7, 11) is -1.36. The minimum atomic E-state index is -4.19. The highest BCUT2D eigenvalue weighted by atomic mass is 32.2. The predicted octanol–water partition coefficient (Wildman–Crippen LogP) is 3.38. The highest BCUT2D eigenvalue weighted by molar-refractivity contribution is 7.92. The second-order valence-electron chi connectivity index (χ2n) is 7.04. The van der Waals surface area contributed by atoms with Crippen LogP contribution < -0.4 is 19.1 Å². The Morgan fingerprint density at radius 2 is 1.79 bits per heavy atom. The Morgan fingerprint density at radius 3 is 2.42 bits per heavy atom. The molecule has 0 saturated heterocycles. The normalized spacial score (nSPS) is 11.1. The van der Waals surface area contributed by atoms with Gasteiger partial charge in [0.15, 0.2) is 11.5 Å². The van der Waals surface area contributed by atoms with Crippen LogP contribution in [0.15, 0.2) is 70.2 Å². The second-order valence-corrected chi connectivity index (χ2v) is 8.90. The lowest BCUT2D eigenvalue weighted by atomic mass is 10.2. The van der Waals surface area contributed by atoms with Gasteiger partial charge in [-0.2, -0.15) is 0 Å². The second kappa shape index (κ2) is 10.9. The Labute approximate surface area is 192 Å². The van der Waals surface area contributed by atoms with E-state index in [1.54, 1.807) is 12.3 Å². The molecule has 0 bridgehead atoms. The van der Waals surface area contributed by atoms with E-state index in [1.165, 1.54) is 44.6 Å². The predicted molar refractivity (Wildman–Crippen MR) is 121 cm³/mol. The van der Waals surface area contributed by atoms with E-state index >= 15 is 0 Å². The number of furan rings is 1. The third kappa shape index (κ3) is 6.04. The number of carbonyl (C=O) groups is 1. The number of carbonyl (C=O) groups excluding carboxylic acids is 1. The summed E-state index contributed by atoms with van der Waals surface area (Å²) in [5.41, 5.74) is 0.150. The van der Waals surface area contributed by atoms with Crippen LogP contribution in [0.1, 0.15) is 12.2 Å². The summed E-state index contributed by atoms with van der Waals surface area (Å²) < 4.78 is 56.9. The largest absolute Gasteiger partial charge is 0.493 e. The van der Waals surface area contributed by atoms with Gasteiger partial charge in [-0.3, -0.25) is 9.10 Å². The zero-order valence-electron chi connectivity index (χ0n) is 18.3. The number of nitrogens with one attached hydrogen (secondary N) is 1. The lowest BCUT2D eigenvalue weighted by molar-refractivity contribution is -0.119. The molecule has 3 aromatic rings. The maximum Gasteiger partial charge on any atom is 0.264 e. The van der Waals surface area contributed by atoms with Crippen LogP contribution in [0.2, 0.25) is 0 Å². The number of anilines is 1. The van der Waals surface area contributed by atoms with Crippen molar-refractivity contribution in [2.45, 2.75) is 17.7 Å². The molecular formula is C23H25FN2O6S. The fourth-order valence-corrected chi connectivity index (χ4v) is 4.60. The molecule has 1 N–H and O–H groups in total. The first-order valence-electron chi connectivity index (χ1n) is 10.1. The fraction of sp³-hybridized carbons (Fsp3) is 0.261. The van der Waals surface area contributed by atoms with Crippen molar-refractivity contribution in [3.63, 3.8) is 0 Å². The Bertz CT molecular complexity index is 1160. The van der Waals surface area contributed by atoms with Crippen molar-refractivity contribution in [1.29, 1.82) is 0 Å². The molecule has 1 amide bonds. The van der Waals surface area contributed by atoms with E-state index in [1.807, 2.05) is 6.07 Å². The molecule has 0 radical (unpaired) electrons. The van der Waals surface area contributed by atoms with Gasteiger partial charge in [-0.15, -0.1) is 0 Å². The van der Waals surface area contributed by atoms with Crippen molar-refractivity contribution in [3.05, 3.63) is 72.4 Å². The summed E-state index contributed by atoms with van der Waals surface area (Å²) in [6, 6.07) is 12.6. The number of hydrogen-bond acceptors (Lipinski definition) is 6. The molecule has 0 saturated carbocycles. The van der Waals surface area contributed by atoms with Crippen LogP contribution in [-0.2, 0) is 21.2 Å². The summed E-state index contributed by atoms with van der Waals surface area (Å²) in [4.78, 5) is 12.5. The Balaban J connectivity index is 1.80. The number of hydrogen-bond donors (Lipinski definition) is 1. The van der Waals surface area contributed by atoms with Crippen molar-refractivity contribution in [2.24, 2.45) is 0 Å². The molecule has 1 aromatic heterocycles. The summed E-state index contributed by atoms with van der Waals surface area (Å²) >= 11 is 0. The minimum absolute atomic E-state index is 0.102. The van der Waals surface area contributed by atoms with Crippen molar-refractivity contribution < 1.29 is 31.5 Å². The molecule has 0 atom stereocenters. The van der Waals surface area contributed by atoms with Gasteiger partial charge in [0.1, 0.15) is 18.1 Å². The number of halogens is 1. The van der Waals surface area contributed by atoms with E-state index in [2.05, 4.69) is 5.32 Å². The molecule has 0 aliphatic rings. The lowest BCUT2D eigenvalue weighted by Gasteiger charge is -2.24. The fourth-order valence-electron chi connectivity index (χ4n) is 3.16.